The predicted molar refractivity (Wildman–Crippen MR) is 80.9 cm³/mol. The van der Waals surface area contributed by atoms with Gasteiger partial charge in [-0.2, -0.15) is 0 Å². The number of pyridine rings is 1. The van der Waals surface area contributed by atoms with Crippen LogP contribution < -0.4 is 5.32 Å². The summed E-state index contributed by atoms with van der Waals surface area (Å²) in [4.78, 5) is 16.2. The van der Waals surface area contributed by atoms with Crippen LogP contribution in [0.15, 0.2) is 42.7 Å². The monoisotopic (exact) mass is 300 g/mol. The lowest BCUT2D eigenvalue weighted by atomic mass is 10.1. The van der Waals surface area contributed by atoms with E-state index in [1.165, 1.54) is 12.3 Å². The molecular weight excluding hydrogens is 283 g/mol. The van der Waals surface area contributed by atoms with Crippen molar-refractivity contribution >= 4 is 5.91 Å². The molecule has 1 N–H and O–H groups in total. The Morgan fingerprint density at radius 3 is 3.00 bits per heavy atom. The zero-order valence-corrected chi connectivity index (χ0v) is 12.1. The lowest BCUT2D eigenvalue weighted by Crippen LogP contribution is -2.31. The van der Waals surface area contributed by atoms with Crippen molar-refractivity contribution < 1.29 is 13.9 Å². The first-order chi connectivity index (χ1) is 10.7. The van der Waals surface area contributed by atoms with Gasteiger partial charge >= 0.3 is 0 Å². The molecule has 22 heavy (non-hydrogen) atoms. The van der Waals surface area contributed by atoms with Crippen LogP contribution in [0, 0.1) is 5.82 Å². The highest BCUT2D eigenvalue weighted by Crippen LogP contribution is 2.22. The van der Waals surface area contributed by atoms with E-state index in [1.807, 2.05) is 0 Å². The maximum absolute atomic E-state index is 13.8. The normalized spacial score (nSPS) is 17.4. The van der Waals surface area contributed by atoms with Crippen molar-refractivity contribution in [2.75, 3.05) is 13.2 Å². The lowest BCUT2D eigenvalue weighted by Gasteiger charge is -2.11. The largest absolute Gasteiger partial charge is 0.376 e. The molecule has 2 heterocycles. The van der Waals surface area contributed by atoms with E-state index in [1.54, 1.807) is 30.5 Å². The van der Waals surface area contributed by atoms with Gasteiger partial charge in [-0.1, -0.05) is 18.2 Å². The molecule has 3 rings (SSSR count). The van der Waals surface area contributed by atoms with Gasteiger partial charge in [0.1, 0.15) is 5.82 Å². The number of nitrogens with one attached hydrogen (secondary N) is 1. The Hall–Kier alpha value is -2.27. The topological polar surface area (TPSA) is 51.2 Å². The standard InChI is InChI=1S/C17H17FN2O2/c18-16-6-2-1-5-15(16)12-8-13(10-19-9-12)17(21)20-11-14-4-3-7-22-14/h1-2,5-6,8-10,14H,3-4,7,11H2,(H,20,21)/t14-/m1/s1. The molecule has 1 amide bonds. The van der Waals surface area contributed by atoms with Crippen molar-refractivity contribution in [2.24, 2.45) is 0 Å². The minimum absolute atomic E-state index is 0.0895. The van der Waals surface area contributed by atoms with Gasteiger partial charge < -0.3 is 10.1 Å². The number of hydrogen-bond acceptors (Lipinski definition) is 3. The third-order valence-corrected chi connectivity index (χ3v) is 3.70. The predicted octanol–water partition coefficient (Wildman–Crippen LogP) is 2.80. The van der Waals surface area contributed by atoms with E-state index in [-0.39, 0.29) is 17.8 Å². The van der Waals surface area contributed by atoms with Crippen molar-refractivity contribution in [2.45, 2.75) is 18.9 Å². The number of carbonyl (C=O) groups excluding carboxylic acids is 1. The molecule has 1 fully saturated rings. The summed E-state index contributed by atoms with van der Waals surface area (Å²) in [6, 6.07) is 8.09. The van der Waals surface area contributed by atoms with Gasteiger partial charge in [0.05, 0.1) is 11.7 Å². The van der Waals surface area contributed by atoms with Gasteiger partial charge in [0, 0.05) is 36.7 Å². The van der Waals surface area contributed by atoms with Crippen LogP contribution in [0.3, 0.4) is 0 Å². The molecule has 0 saturated carbocycles. The molecule has 1 aliphatic heterocycles. The molecule has 2 aromatic rings. The van der Waals surface area contributed by atoms with E-state index in [0.717, 1.165) is 19.4 Å². The molecular formula is C17H17FN2O2. The Labute approximate surface area is 128 Å². The minimum atomic E-state index is -0.332. The first-order valence-corrected chi connectivity index (χ1v) is 7.34. The maximum Gasteiger partial charge on any atom is 0.252 e. The number of rotatable bonds is 4. The Morgan fingerprint density at radius 1 is 1.36 bits per heavy atom. The highest BCUT2D eigenvalue weighted by molar-refractivity contribution is 5.95. The van der Waals surface area contributed by atoms with E-state index in [9.17, 15) is 9.18 Å². The van der Waals surface area contributed by atoms with Crippen LogP contribution in [-0.2, 0) is 4.74 Å². The third kappa shape index (κ3) is 3.31. The van der Waals surface area contributed by atoms with Crippen molar-refractivity contribution in [3.05, 3.63) is 54.1 Å². The number of carbonyl (C=O) groups is 1. The molecule has 5 heteroatoms. The number of ether oxygens (including phenoxy) is 1. The van der Waals surface area contributed by atoms with Crippen LogP contribution >= 0.6 is 0 Å². The summed E-state index contributed by atoms with van der Waals surface area (Å²) in [7, 11) is 0. The second-order valence-corrected chi connectivity index (χ2v) is 5.29. The van der Waals surface area contributed by atoms with Gasteiger partial charge in [-0.25, -0.2) is 4.39 Å². The van der Waals surface area contributed by atoms with Gasteiger partial charge in [0.2, 0.25) is 0 Å². The van der Waals surface area contributed by atoms with Crippen molar-refractivity contribution in [3.8, 4) is 11.1 Å². The van der Waals surface area contributed by atoms with Crippen molar-refractivity contribution in [1.29, 1.82) is 0 Å². The highest BCUT2D eigenvalue weighted by atomic mass is 19.1. The Bertz CT molecular complexity index is 669. The summed E-state index contributed by atoms with van der Waals surface area (Å²) in [5, 5.41) is 2.84. The fourth-order valence-corrected chi connectivity index (χ4v) is 2.52. The smallest absolute Gasteiger partial charge is 0.252 e. The maximum atomic E-state index is 13.8. The molecule has 4 nitrogen and oxygen atoms in total. The molecule has 114 valence electrons. The highest BCUT2D eigenvalue weighted by Gasteiger charge is 2.17. The number of aromatic nitrogens is 1. The average molecular weight is 300 g/mol. The van der Waals surface area contributed by atoms with Gasteiger partial charge in [-0.3, -0.25) is 9.78 Å². The van der Waals surface area contributed by atoms with E-state index in [2.05, 4.69) is 10.3 Å². The lowest BCUT2D eigenvalue weighted by molar-refractivity contribution is 0.0857. The number of amides is 1. The van der Waals surface area contributed by atoms with E-state index in [0.29, 0.717) is 23.2 Å². The first-order valence-electron chi connectivity index (χ1n) is 7.34. The second-order valence-electron chi connectivity index (χ2n) is 5.29. The molecule has 0 radical (unpaired) electrons. The first kappa shape index (κ1) is 14.7. The molecule has 1 aromatic heterocycles. The average Bonchev–Trinajstić information content (AvgIpc) is 3.06. The number of nitrogens with zero attached hydrogens (tertiary/aromatic N) is 1. The molecule has 0 aliphatic carbocycles. The summed E-state index contributed by atoms with van der Waals surface area (Å²) < 4.78 is 19.3. The summed E-state index contributed by atoms with van der Waals surface area (Å²) in [5.41, 5.74) is 1.44. The molecule has 1 aliphatic rings. The molecule has 0 unspecified atom stereocenters. The van der Waals surface area contributed by atoms with Crippen molar-refractivity contribution in [1.82, 2.24) is 10.3 Å². The van der Waals surface area contributed by atoms with Crippen LogP contribution in [-0.4, -0.2) is 30.1 Å². The Balaban J connectivity index is 1.73. The molecule has 1 atom stereocenters. The van der Waals surface area contributed by atoms with Crippen LogP contribution in [0.1, 0.15) is 23.2 Å². The van der Waals surface area contributed by atoms with Crippen LogP contribution in [0.2, 0.25) is 0 Å². The van der Waals surface area contributed by atoms with Crippen LogP contribution in [0.5, 0.6) is 0 Å². The molecule has 1 saturated heterocycles. The zero-order chi connectivity index (χ0) is 15.4. The number of benzene rings is 1. The Morgan fingerprint density at radius 2 is 2.23 bits per heavy atom. The van der Waals surface area contributed by atoms with Gasteiger partial charge in [-0.05, 0) is 25.0 Å². The van der Waals surface area contributed by atoms with Crippen molar-refractivity contribution in [3.63, 3.8) is 0 Å². The van der Waals surface area contributed by atoms with E-state index >= 15 is 0 Å². The van der Waals surface area contributed by atoms with Crippen LogP contribution in [0.4, 0.5) is 4.39 Å². The van der Waals surface area contributed by atoms with Gasteiger partial charge in [0.15, 0.2) is 0 Å². The fourth-order valence-electron chi connectivity index (χ4n) is 2.52. The zero-order valence-electron chi connectivity index (χ0n) is 12.1. The third-order valence-electron chi connectivity index (χ3n) is 3.70. The summed E-state index contributed by atoms with van der Waals surface area (Å²) >= 11 is 0. The number of halogens is 1. The van der Waals surface area contributed by atoms with Gasteiger partial charge in [-0.15, -0.1) is 0 Å². The summed E-state index contributed by atoms with van der Waals surface area (Å²) in [6.45, 7) is 1.24. The SMILES string of the molecule is O=C(NC[C@H]1CCCO1)c1cncc(-c2ccccc2F)c1. The quantitative estimate of drug-likeness (QED) is 0.944. The summed E-state index contributed by atoms with van der Waals surface area (Å²) in [5.74, 6) is -0.553. The Kier molecular flexibility index (Phi) is 4.44. The molecule has 1 aromatic carbocycles. The minimum Gasteiger partial charge on any atom is -0.376 e. The number of hydrogen-bond donors (Lipinski definition) is 1. The van der Waals surface area contributed by atoms with Gasteiger partial charge in [0.25, 0.3) is 5.91 Å². The van der Waals surface area contributed by atoms with Crippen LogP contribution in [0.25, 0.3) is 11.1 Å². The van der Waals surface area contributed by atoms with E-state index < -0.39 is 0 Å². The fraction of sp³-hybridized carbons (Fsp3) is 0.294. The molecule has 0 spiro atoms. The van der Waals surface area contributed by atoms with E-state index in [4.69, 9.17) is 4.74 Å². The molecule has 0 bridgehead atoms. The summed E-state index contributed by atoms with van der Waals surface area (Å²) in [6.07, 6.45) is 5.12. The second kappa shape index (κ2) is 6.66.